The lowest BCUT2D eigenvalue weighted by atomic mass is 10.0. The minimum Gasteiger partial charge on any atom is -0.493 e. The van der Waals surface area contributed by atoms with Crippen LogP contribution in [0.4, 0.5) is 5.69 Å². The maximum atomic E-state index is 6.14. The lowest BCUT2D eigenvalue weighted by molar-refractivity contribution is 0.303. The topological polar surface area (TPSA) is 72.1 Å². The van der Waals surface area contributed by atoms with E-state index in [1.807, 2.05) is 44.4 Å². The number of benzene rings is 2. The average molecular weight is 512 g/mol. The van der Waals surface area contributed by atoms with Crippen molar-refractivity contribution < 1.29 is 9.47 Å². The molecule has 0 spiro atoms. The number of anilines is 1. The van der Waals surface area contributed by atoms with Gasteiger partial charge in [-0.05, 0) is 55.4 Å². The summed E-state index contributed by atoms with van der Waals surface area (Å²) in [6.45, 7) is 4.86. The van der Waals surface area contributed by atoms with Crippen molar-refractivity contribution in [2.24, 2.45) is 10.7 Å². The molecule has 7 heteroatoms. The fourth-order valence-electron chi connectivity index (χ4n) is 2.97. The van der Waals surface area contributed by atoms with Crippen molar-refractivity contribution in [2.45, 2.75) is 25.8 Å². The third-order valence-corrected chi connectivity index (χ3v) is 4.68. The van der Waals surface area contributed by atoms with Crippen LogP contribution in [0.25, 0.3) is 0 Å². The van der Waals surface area contributed by atoms with Crippen molar-refractivity contribution in [1.29, 1.82) is 0 Å². The van der Waals surface area contributed by atoms with E-state index in [2.05, 4.69) is 41.2 Å². The summed E-state index contributed by atoms with van der Waals surface area (Å²) in [6.07, 6.45) is 0. The maximum Gasteiger partial charge on any atom is 0.193 e. The lowest BCUT2D eigenvalue weighted by Gasteiger charge is -2.24. The number of guanidine groups is 1. The fraction of sp³-hybridized carbons (Fsp3) is 0.409. The number of aliphatic imine (C=N–C) groups is 1. The third kappa shape index (κ3) is 7.08. The first-order chi connectivity index (χ1) is 13.3. The molecule has 0 aliphatic heterocycles. The highest BCUT2D eigenvalue weighted by atomic mass is 127. The Kier molecular flexibility index (Phi) is 10.2. The van der Waals surface area contributed by atoms with Gasteiger partial charge in [0.25, 0.3) is 0 Å². The third-order valence-electron chi connectivity index (χ3n) is 4.68. The van der Waals surface area contributed by atoms with Crippen molar-refractivity contribution in [3.63, 3.8) is 0 Å². The highest BCUT2D eigenvalue weighted by molar-refractivity contribution is 14.0. The van der Waals surface area contributed by atoms with Crippen LogP contribution in [0.2, 0.25) is 0 Å². The molecular formula is C22H33IN4O2. The number of halogens is 1. The summed E-state index contributed by atoms with van der Waals surface area (Å²) < 4.78 is 10.8. The Morgan fingerprint density at radius 3 is 2.31 bits per heavy atom. The molecule has 29 heavy (non-hydrogen) atoms. The predicted molar refractivity (Wildman–Crippen MR) is 132 cm³/mol. The summed E-state index contributed by atoms with van der Waals surface area (Å²) in [5.74, 6) is 2.27. The smallest absolute Gasteiger partial charge is 0.193 e. The molecule has 0 saturated heterocycles. The van der Waals surface area contributed by atoms with Gasteiger partial charge < -0.3 is 25.4 Å². The summed E-state index contributed by atoms with van der Waals surface area (Å²) >= 11 is 0. The summed E-state index contributed by atoms with van der Waals surface area (Å²) in [5.41, 5.74) is 9.42. The second-order valence-electron chi connectivity index (χ2n) is 7.22. The van der Waals surface area contributed by atoms with E-state index in [-0.39, 0.29) is 30.0 Å². The number of methoxy groups -OCH3 is 2. The molecule has 0 bridgehead atoms. The highest BCUT2D eigenvalue weighted by Crippen LogP contribution is 2.31. The van der Waals surface area contributed by atoms with Crippen LogP contribution in [-0.2, 0) is 0 Å². The molecule has 2 aromatic carbocycles. The van der Waals surface area contributed by atoms with Crippen molar-refractivity contribution in [1.82, 2.24) is 4.90 Å². The van der Waals surface area contributed by atoms with Gasteiger partial charge in [0.15, 0.2) is 17.5 Å². The Morgan fingerprint density at radius 2 is 1.72 bits per heavy atom. The Morgan fingerprint density at radius 1 is 1.03 bits per heavy atom. The number of hydrogen-bond donors (Lipinski definition) is 2. The molecule has 160 valence electrons. The number of nitrogens with zero attached hydrogens (tertiary/aromatic N) is 2. The van der Waals surface area contributed by atoms with Crippen LogP contribution in [-0.4, -0.2) is 45.7 Å². The monoisotopic (exact) mass is 512 g/mol. The summed E-state index contributed by atoms with van der Waals surface area (Å²) in [5, 5.41) is 3.19. The van der Waals surface area contributed by atoms with Gasteiger partial charge in [0.2, 0.25) is 0 Å². The van der Waals surface area contributed by atoms with Gasteiger partial charge in [-0.2, -0.15) is 0 Å². The summed E-state index contributed by atoms with van der Waals surface area (Å²) in [6, 6.07) is 14.2. The molecule has 2 rings (SSSR count). The molecule has 2 aromatic rings. The fourth-order valence-corrected chi connectivity index (χ4v) is 2.97. The summed E-state index contributed by atoms with van der Waals surface area (Å²) in [7, 11) is 7.31. The van der Waals surface area contributed by atoms with Crippen LogP contribution in [0, 0.1) is 0 Å². The van der Waals surface area contributed by atoms with Crippen LogP contribution in [0.15, 0.2) is 47.5 Å². The molecule has 0 aliphatic rings. The van der Waals surface area contributed by atoms with Crippen molar-refractivity contribution >= 4 is 35.6 Å². The number of rotatable bonds is 8. The molecule has 0 aromatic heterocycles. The van der Waals surface area contributed by atoms with Gasteiger partial charge in [-0.25, -0.2) is 0 Å². The van der Waals surface area contributed by atoms with Crippen LogP contribution in [0.5, 0.6) is 11.5 Å². The maximum absolute atomic E-state index is 6.14. The Bertz CT molecular complexity index is 809. The lowest BCUT2D eigenvalue weighted by Crippen LogP contribution is -2.27. The van der Waals surface area contributed by atoms with E-state index < -0.39 is 0 Å². The van der Waals surface area contributed by atoms with Crippen LogP contribution in [0.1, 0.15) is 36.9 Å². The minimum absolute atomic E-state index is 0. The number of ether oxygens (including phenoxy) is 2. The Labute approximate surface area is 191 Å². The predicted octanol–water partition coefficient (Wildman–Crippen LogP) is 4.47. The Balaban J connectivity index is 0.00000420. The SMILES string of the molecule is COc1ccc(C(CN=C(N)Nc2cccc(C(C)C)c2)N(C)C)cc1OC.I. The van der Waals surface area contributed by atoms with E-state index in [0.717, 1.165) is 11.3 Å². The zero-order chi connectivity index (χ0) is 20.7. The number of nitrogens with two attached hydrogens (primary N) is 1. The molecule has 1 atom stereocenters. The number of hydrogen-bond acceptors (Lipinski definition) is 4. The second kappa shape index (κ2) is 11.9. The van der Waals surface area contributed by atoms with E-state index in [1.54, 1.807) is 14.2 Å². The van der Waals surface area contributed by atoms with Crippen LogP contribution < -0.4 is 20.5 Å². The molecule has 0 aliphatic carbocycles. The molecule has 3 N–H and O–H groups in total. The van der Waals surface area contributed by atoms with E-state index in [4.69, 9.17) is 15.2 Å². The number of likely N-dealkylation sites (N-methyl/N-ethyl adjacent to an activating group) is 1. The van der Waals surface area contributed by atoms with Gasteiger partial charge in [-0.1, -0.05) is 32.0 Å². The molecule has 0 saturated carbocycles. The summed E-state index contributed by atoms with van der Waals surface area (Å²) in [4.78, 5) is 6.67. The van der Waals surface area contributed by atoms with Crippen LogP contribution in [0.3, 0.4) is 0 Å². The molecule has 1 unspecified atom stereocenters. The van der Waals surface area contributed by atoms with Gasteiger partial charge in [0, 0.05) is 5.69 Å². The molecule has 0 amide bonds. The van der Waals surface area contributed by atoms with Gasteiger partial charge in [-0.3, -0.25) is 4.99 Å². The quantitative estimate of drug-likeness (QED) is 0.310. The first-order valence-electron chi connectivity index (χ1n) is 9.41. The van der Waals surface area contributed by atoms with E-state index in [0.29, 0.717) is 29.9 Å². The van der Waals surface area contributed by atoms with E-state index >= 15 is 0 Å². The zero-order valence-electron chi connectivity index (χ0n) is 18.1. The molecule has 0 fully saturated rings. The van der Waals surface area contributed by atoms with Gasteiger partial charge >= 0.3 is 0 Å². The molecule has 6 nitrogen and oxygen atoms in total. The van der Waals surface area contributed by atoms with Crippen LogP contribution >= 0.6 is 24.0 Å². The zero-order valence-corrected chi connectivity index (χ0v) is 20.4. The largest absolute Gasteiger partial charge is 0.493 e. The van der Waals surface area contributed by atoms with Gasteiger partial charge in [0.05, 0.1) is 26.8 Å². The van der Waals surface area contributed by atoms with Crippen molar-refractivity contribution in [3.8, 4) is 11.5 Å². The van der Waals surface area contributed by atoms with Gasteiger partial charge in [0.1, 0.15) is 0 Å². The standard InChI is InChI=1S/C22H32N4O2.HI/c1-15(2)16-8-7-9-18(12-16)25-22(23)24-14-19(26(3)4)17-10-11-20(27-5)21(13-17)28-6;/h7-13,15,19H,14H2,1-6H3,(H3,23,24,25);1H. The Hall–Kier alpha value is -2.00. The minimum atomic E-state index is 0. The molecule has 0 heterocycles. The molecular weight excluding hydrogens is 479 g/mol. The average Bonchev–Trinajstić information content (AvgIpc) is 2.67. The first kappa shape index (κ1) is 25.0. The molecule has 0 radical (unpaired) electrons. The van der Waals surface area contributed by atoms with Crippen molar-refractivity contribution in [2.75, 3.05) is 40.2 Å². The van der Waals surface area contributed by atoms with E-state index in [9.17, 15) is 0 Å². The second-order valence-corrected chi connectivity index (χ2v) is 7.22. The normalized spacial score (nSPS) is 12.5. The highest BCUT2D eigenvalue weighted by Gasteiger charge is 2.16. The number of nitrogens with one attached hydrogen (secondary N) is 1. The first-order valence-corrected chi connectivity index (χ1v) is 9.41. The van der Waals surface area contributed by atoms with E-state index in [1.165, 1.54) is 5.56 Å². The van der Waals surface area contributed by atoms with Gasteiger partial charge in [-0.15, -0.1) is 24.0 Å². The van der Waals surface area contributed by atoms with Crippen molar-refractivity contribution in [3.05, 3.63) is 53.6 Å².